The molecular weight excluding hydrogens is 314 g/mol. The highest BCUT2D eigenvalue weighted by molar-refractivity contribution is 7.92. The van der Waals surface area contributed by atoms with Crippen molar-refractivity contribution in [1.82, 2.24) is 19.5 Å². The van der Waals surface area contributed by atoms with Crippen LogP contribution in [0.5, 0.6) is 0 Å². The van der Waals surface area contributed by atoms with Gasteiger partial charge >= 0.3 is 0 Å². The van der Waals surface area contributed by atoms with Crippen molar-refractivity contribution in [2.45, 2.75) is 18.9 Å². The summed E-state index contributed by atoms with van der Waals surface area (Å²) in [5, 5.41) is -0.00263. The molecule has 0 bridgehead atoms. The molecule has 1 aromatic carbocycles. The van der Waals surface area contributed by atoms with Crippen LogP contribution in [-0.4, -0.2) is 27.9 Å². The van der Waals surface area contributed by atoms with Gasteiger partial charge in [-0.3, -0.25) is 14.3 Å². The molecular formula is C15H15N5O2S. The maximum atomic E-state index is 12.7. The number of hydrogen-bond acceptors (Lipinski definition) is 5. The lowest BCUT2D eigenvalue weighted by Crippen LogP contribution is -2.17. The van der Waals surface area contributed by atoms with Crippen molar-refractivity contribution in [3.05, 3.63) is 60.4 Å². The Morgan fingerprint density at radius 3 is 2.39 bits per heavy atom. The topological polar surface area (TPSA) is 89.8 Å². The van der Waals surface area contributed by atoms with E-state index in [1.807, 2.05) is 19.9 Å². The van der Waals surface area contributed by atoms with Gasteiger partial charge in [-0.05, 0) is 37.1 Å². The molecule has 0 saturated carbocycles. The van der Waals surface area contributed by atoms with E-state index < -0.39 is 10.0 Å². The van der Waals surface area contributed by atoms with E-state index in [2.05, 4.69) is 19.7 Å². The maximum Gasteiger partial charge on any atom is 0.279 e. The lowest BCUT2D eigenvalue weighted by molar-refractivity contribution is 0.594. The lowest BCUT2D eigenvalue weighted by Gasteiger charge is -2.11. The molecule has 8 heteroatoms. The fourth-order valence-corrected chi connectivity index (χ4v) is 3.44. The first-order valence-electron chi connectivity index (χ1n) is 6.85. The van der Waals surface area contributed by atoms with Crippen molar-refractivity contribution >= 4 is 15.7 Å². The van der Waals surface area contributed by atoms with Gasteiger partial charge in [-0.25, -0.2) is 9.97 Å². The average Bonchev–Trinajstić information content (AvgIpc) is 2.97. The van der Waals surface area contributed by atoms with Crippen LogP contribution in [0.1, 0.15) is 11.1 Å². The third-order valence-electron chi connectivity index (χ3n) is 3.15. The predicted octanol–water partition coefficient (Wildman–Crippen LogP) is 2.08. The molecule has 0 fully saturated rings. The molecule has 3 aromatic rings. The minimum absolute atomic E-state index is 0.00263. The highest BCUT2D eigenvalue weighted by atomic mass is 32.2. The quantitative estimate of drug-likeness (QED) is 0.791. The minimum atomic E-state index is -3.80. The Bertz CT molecular complexity index is 915. The van der Waals surface area contributed by atoms with Crippen LogP contribution in [0.2, 0.25) is 0 Å². The van der Waals surface area contributed by atoms with Gasteiger partial charge in [0.05, 0.1) is 12.4 Å². The first-order valence-corrected chi connectivity index (χ1v) is 8.34. The van der Waals surface area contributed by atoms with Gasteiger partial charge in [0.15, 0.2) is 10.8 Å². The average molecular weight is 329 g/mol. The number of aryl methyl sites for hydroxylation is 2. The molecule has 2 aromatic heterocycles. The highest BCUT2D eigenvalue weighted by Gasteiger charge is 2.21. The lowest BCUT2D eigenvalue weighted by atomic mass is 10.1. The molecule has 1 N–H and O–H groups in total. The van der Waals surface area contributed by atoms with Crippen molar-refractivity contribution in [2.24, 2.45) is 0 Å². The number of anilines is 1. The number of benzene rings is 1. The van der Waals surface area contributed by atoms with Crippen LogP contribution in [0.4, 0.5) is 5.69 Å². The van der Waals surface area contributed by atoms with E-state index in [9.17, 15) is 8.42 Å². The summed E-state index contributed by atoms with van der Waals surface area (Å²) in [6, 6.07) is 5.52. The molecule has 0 aliphatic carbocycles. The first-order chi connectivity index (χ1) is 11.0. The van der Waals surface area contributed by atoms with E-state index >= 15 is 0 Å². The van der Waals surface area contributed by atoms with Crippen LogP contribution in [0.25, 0.3) is 5.82 Å². The van der Waals surface area contributed by atoms with Crippen molar-refractivity contribution in [3.8, 4) is 5.82 Å². The molecule has 0 aliphatic rings. The van der Waals surface area contributed by atoms with Gasteiger partial charge in [0.25, 0.3) is 10.0 Å². The van der Waals surface area contributed by atoms with E-state index in [0.29, 0.717) is 11.5 Å². The van der Waals surface area contributed by atoms with Crippen molar-refractivity contribution in [3.63, 3.8) is 0 Å². The molecule has 0 atom stereocenters. The van der Waals surface area contributed by atoms with E-state index in [1.54, 1.807) is 12.1 Å². The van der Waals surface area contributed by atoms with E-state index in [1.165, 1.54) is 35.7 Å². The van der Waals surface area contributed by atoms with Crippen LogP contribution in [0, 0.1) is 13.8 Å². The summed E-state index contributed by atoms with van der Waals surface area (Å²) < 4.78 is 29.3. The molecule has 23 heavy (non-hydrogen) atoms. The summed E-state index contributed by atoms with van der Waals surface area (Å²) in [6.45, 7) is 3.82. The Kier molecular flexibility index (Phi) is 3.83. The molecule has 0 aliphatic heterocycles. The maximum absolute atomic E-state index is 12.7. The van der Waals surface area contributed by atoms with Gasteiger partial charge in [0.2, 0.25) is 0 Å². The number of sulfonamides is 1. The predicted molar refractivity (Wildman–Crippen MR) is 85.9 cm³/mol. The molecule has 0 radical (unpaired) electrons. The summed E-state index contributed by atoms with van der Waals surface area (Å²) in [4.78, 5) is 12.0. The highest BCUT2D eigenvalue weighted by Crippen LogP contribution is 2.20. The molecule has 0 unspecified atom stereocenters. The van der Waals surface area contributed by atoms with E-state index in [0.717, 1.165) is 11.1 Å². The molecule has 0 saturated heterocycles. The van der Waals surface area contributed by atoms with Gasteiger partial charge in [-0.2, -0.15) is 8.42 Å². The SMILES string of the molecule is Cc1cc(C)cc(NS(=O)(=O)c2cncn2-c2cnccn2)c1. The molecule has 0 amide bonds. The zero-order valence-corrected chi connectivity index (χ0v) is 13.4. The first kappa shape index (κ1) is 15.2. The minimum Gasteiger partial charge on any atom is -0.278 e. The summed E-state index contributed by atoms with van der Waals surface area (Å²) in [6.07, 6.45) is 7.14. The summed E-state index contributed by atoms with van der Waals surface area (Å²) in [7, 11) is -3.80. The van der Waals surface area contributed by atoms with Gasteiger partial charge in [0.1, 0.15) is 6.33 Å². The Labute approximate surface area is 134 Å². The monoisotopic (exact) mass is 329 g/mol. The van der Waals surface area contributed by atoms with Crippen molar-refractivity contribution < 1.29 is 8.42 Å². The Morgan fingerprint density at radius 2 is 1.74 bits per heavy atom. The molecule has 3 rings (SSSR count). The molecule has 7 nitrogen and oxygen atoms in total. The zero-order valence-electron chi connectivity index (χ0n) is 12.6. The summed E-state index contributed by atoms with van der Waals surface area (Å²) >= 11 is 0. The number of nitrogens with one attached hydrogen (secondary N) is 1. The Morgan fingerprint density at radius 1 is 1.00 bits per heavy atom. The van der Waals surface area contributed by atoms with Crippen LogP contribution in [-0.2, 0) is 10.0 Å². The van der Waals surface area contributed by atoms with E-state index in [4.69, 9.17) is 0 Å². The number of aromatic nitrogens is 4. The fraction of sp³-hybridized carbons (Fsp3) is 0.133. The second-order valence-electron chi connectivity index (χ2n) is 5.15. The normalized spacial score (nSPS) is 11.4. The third-order valence-corrected chi connectivity index (χ3v) is 4.51. The molecule has 118 valence electrons. The standard InChI is InChI=1S/C15H15N5O2S/c1-11-5-12(2)7-13(6-11)19-23(21,22)15-9-17-10-20(15)14-8-16-3-4-18-14/h3-10,19H,1-2H3. The smallest absolute Gasteiger partial charge is 0.278 e. The number of nitrogens with zero attached hydrogens (tertiary/aromatic N) is 4. The molecule has 0 spiro atoms. The van der Waals surface area contributed by atoms with Crippen LogP contribution < -0.4 is 4.72 Å². The fourth-order valence-electron chi connectivity index (χ4n) is 2.31. The molecule has 2 heterocycles. The van der Waals surface area contributed by atoms with Crippen molar-refractivity contribution in [1.29, 1.82) is 0 Å². The number of rotatable bonds is 4. The zero-order chi connectivity index (χ0) is 16.4. The summed E-state index contributed by atoms with van der Waals surface area (Å²) in [5.41, 5.74) is 2.46. The van der Waals surface area contributed by atoms with E-state index in [-0.39, 0.29) is 5.03 Å². The second kappa shape index (κ2) is 5.81. The summed E-state index contributed by atoms with van der Waals surface area (Å²) in [5.74, 6) is 0.380. The number of imidazole rings is 1. The largest absolute Gasteiger partial charge is 0.279 e. The van der Waals surface area contributed by atoms with Crippen LogP contribution >= 0.6 is 0 Å². The van der Waals surface area contributed by atoms with Crippen LogP contribution in [0.15, 0.2) is 54.3 Å². The van der Waals surface area contributed by atoms with Crippen molar-refractivity contribution in [2.75, 3.05) is 4.72 Å². The number of hydrogen-bond donors (Lipinski definition) is 1. The van der Waals surface area contributed by atoms with Gasteiger partial charge in [0, 0.05) is 18.1 Å². The van der Waals surface area contributed by atoms with Gasteiger partial charge in [-0.1, -0.05) is 6.07 Å². The second-order valence-corrected chi connectivity index (χ2v) is 6.78. The Balaban J connectivity index is 2.00. The Hall–Kier alpha value is -2.74. The van der Waals surface area contributed by atoms with Crippen LogP contribution in [0.3, 0.4) is 0 Å². The van der Waals surface area contributed by atoms with Gasteiger partial charge in [-0.15, -0.1) is 0 Å². The van der Waals surface area contributed by atoms with Gasteiger partial charge < -0.3 is 0 Å². The third kappa shape index (κ3) is 3.21.